The molecule has 0 amide bonds. The quantitative estimate of drug-likeness (QED) is 0.578. The maximum atomic E-state index is 9.22. The highest BCUT2D eigenvalue weighted by molar-refractivity contribution is 5.79. The van der Waals surface area contributed by atoms with Gasteiger partial charge in [0.2, 0.25) is 0 Å². The van der Waals surface area contributed by atoms with E-state index in [0.717, 1.165) is 6.42 Å². The van der Waals surface area contributed by atoms with Gasteiger partial charge in [0, 0.05) is 0 Å². The van der Waals surface area contributed by atoms with Gasteiger partial charge < -0.3 is 5.11 Å². The van der Waals surface area contributed by atoms with E-state index in [2.05, 4.69) is 6.92 Å². The molecular weight excluding hydrogens is 138 g/mol. The van der Waals surface area contributed by atoms with Crippen molar-refractivity contribution in [2.45, 2.75) is 13.3 Å². The van der Waals surface area contributed by atoms with Gasteiger partial charge in [-0.2, -0.15) is 0 Å². The van der Waals surface area contributed by atoms with E-state index in [9.17, 15) is 5.11 Å². The number of aromatic hydroxyl groups is 1. The molecule has 0 aliphatic carbocycles. The minimum absolute atomic E-state index is 0.240. The topological polar surface area (TPSA) is 45.8 Å². The van der Waals surface area contributed by atoms with Gasteiger partial charge in [0.15, 0.2) is 6.21 Å². The normalized spacial score (nSPS) is 9.55. The van der Waals surface area contributed by atoms with Gasteiger partial charge in [-0.1, -0.05) is 13.0 Å². The monoisotopic (exact) mass is 150 g/mol. The molecule has 0 radical (unpaired) electrons. The molecule has 58 valence electrons. The molecule has 0 unspecified atom stereocenters. The van der Waals surface area contributed by atoms with E-state index in [4.69, 9.17) is 5.41 Å². The predicted octanol–water partition coefficient (Wildman–Crippen LogP) is 0.133. The van der Waals surface area contributed by atoms with Crippen molar-refractivity contribution in [1.29, 1.82) is 0 Å². The lowest BCUT2D eigenvalue weighted by molar-refractivity contribution is -0.104. The van der Waals surface area contributed by atoms with Crippen LogP contribution in [0.2, 0.25) is 0 Å². The molecule has 3 N–H and O–H groups in total. The number of hydrogen-bond acceptors (Lipinski definition) is 1. The molecule has 0 aliphatic heterocycles. The number of rotatable bonds is 2. The number of phenols is 1. The second-order valence-corrected chi connectivity index (χ2v) is 2.41. The molecule has 0 saturated heterocycles. The molecular formula is C9H12NO+. The number of hydrogen-bond donors (Lipinski definition) is 2. The van der Waals surface area contributed by atoms with Crippen molar-refractivity contribution in [2.75, 3.05) is 0 Å². The second kappa shape index (κ2) is 3.19. The summed E-state index contributed by atoms with van der Waals surface area (Å²) in [4.78, 5) is 0. The minimum atomic E-state index is 0.240. The third-order valence-corrected chi connectivity index (χ3v) is 1.68. The second-order valence-electron chi connectivity index (χ2n) is 2.41. The molecule has 0 saturated carbocycles. The van der Waals surface area contributed by atoms with Gasteiger partial charge in [-0.3, -0.25) is 5.41 Å². The van der Waals surface area contributed by atoms with Crippen LogP contribution in [0.15, 0.2) is 18.2 Å². The fraction of sp³-hybridized carbons (Fsp3) is 0.222. The summed E-state index contributed by atoms with van der Waals surface area (Å²) in [5.41, 5.74) is 1.88. The van der Waals surface area contributed by atoms with E-state index in [1.54, 1.807) is 6.07 Å². The lowest BCUT2D eigenvalue weighted by atomic mass is 10.1. The van der Waals surface area contributed by atoms with E-state index in [1.165, 1.54) is 11.8 Å². The van der Waals surface area contributed by atoms with Gasteiger partial charge in [-0.25, -0.2) is 0 Å². The Morgan fingerprint density at radius 3 is 2.82 bits per heavy atom. The zero-order valence-corrected chi connectivity index (χ0v) is 6.54. The van der Waals surface area contributed by atoms with E-state index >= 15 is 0 Å². The number of phenolic OH excluding ortho intramolecular Hbond substituents is 1. The average molecular weight is 150 g/mol. The van der Waals surface area contributed by atoms with E-state index in [1.807, 2.05) is 12.1 Å². The fourth-order valence-electron chi connectivity index (χ4n) is 0.957. The molecule has 1 aromatic carbocycles. The van der Waals surface area contributed by atoms with Crippen molar-refractivity contribution in [3.8, 4) is 5.75 Å². The summed E-state index contributed by atoms with van der Waals surface area (Å²) in [6.45, 7) is 2.06. The Balaban J connectivity index is 3.12. The maximum absolute atomic E-state index is 9.22. The smallest absolute Gasteiger partial charge is 0.171 e. The first-order valence-electron chi connectivity index (χ1n) is 3.64. The lowest BCUT2D eigenvalue weighted by Gasteiger charge is -1.98. The van der Waals surface area contributed by atoms with Gasteiger partial charge in [-0.05, 0) is 24.1 Å². The summed E-state index contributed by atoms with van der Waals surface area (Å²) in [5, 5.41) is 14.5. The zero-order valence-electron chi connectivity index (χ0n) is 6.54. The average Bonchev–Trinajstić information content (AvgIpc) is 2.05. The van der Waals surface area contributed by atoms with Crippen molar-refractivity contribution in [3.05, 3.63) is 29.3 Å². The zero-order chi connectivity index (χ0) is 8.27. The molecule has 0 fully saturated rings. The first-order chi connectivity index (χ1) is 5.27. The van der Waals surface area contributed by atoms with Gasteiger partial charge in [0.25, 0.3) is 0 Å². The molecule has 0 bridgehead atoms. The summed E-state index contributed by atoms with van der Waals surface area (Å²) in [7, 11) is 0. The predicted molar refractivity (Wildman–Crippen MR) is 44.6 cm³/mol. The molecule has 2 nitrogen and oxygen atoms in total. The molecule has 1 rings (SSSR count). The van der Waals surface area contributed by atoms with Crippen LogP contribution in [0.3, 0.4) is 0 Å². The van der Waals surface area contributed by atoms with Crippen molar-refractivity contribution in [3.63, 3.8) is 0 Å². The first-order valence-corrected chi connectivity index (χ1v) is 3.64. The molecule has 0 spiro atoms. The Kier molecular flexibility index (Phi) is 2.26. The molecule has 0 heterocycles. The van der Waals surface area contributed by atoms with Crippen molar-refractivity contribution < 1.29 is 10.5 Å². The summed E-state index contributed by atoms with van der Waals surface area (Å²) in [5.74, 6) is 0.240. The van der Waals surface area contributed by atoms with Gasteiger partial charge in [0.05, 0.1) is 5.56 Å². The highest BCUT2D eigenvalue weighted by Gasteiger charge is 1.99. The third-order valence-electron chi connectivity index (χ3n) is 1.68. The summed E-state index contributed by atoms with van der Waals surface area (Å²) < 4.78 is 0. The van der Waals surface area contributed by atoms with Crippen LogP contribution < -0.4 is 5.41 Å². The summed E-state index contributed by atoms with van der Waals surface area (Å²) in [6, 6.07) is 5.44. The molecule has 0 aromatic heterocycles. The van der Waals surface area contributed by atoms with Gasteiger partial charge in [-0.15, -0.1) is 0 Å². The number of nitrogens with two attached hydrogens (primary N) is 1. The van der Waals surface area contributed by atoms with Crippen LogP contribution in [0.25, 0.3) is 0 Å². The Morgan fingerprint density at radius 1 is 1.55 bits per heavy atom. The molecule has 1 aromatic rings. The van der Waals surface area contributed by atoms with Crippen molar-refractivity contribution in [1.82, 2.24) is 0 Å². The Labute approximate surface area is 66.0 Å². The van der Waals surface area contributed by atoms with Crippen LogP contribution in [-0.2, 0) is 6.42 Å². The Bertz CT molecular complexity index is 268. The minimum Gasteiger partial charge on any atom is -0.507 e. The standard InChI is InChI=1S/C9H11NO/c1-2-7-3-4-9(11)8(5-7)6-10/h3-6,10-11H,2H2,1H3/p+1. The fourth-order valence-corrected chi connectivity index (χ4v) is 0.957. The number of aryl methyl sites for hydroxylation is 1. The third kappa shape index (κ3) is 1.58. The van der Waals surface area contributed by atoms with Crippen molar-refractivity contribution in [2.24, 2.45) is 0 Å². The maximum Gasteiger partial charge on any atom is 0.171 e. The largest absolute Gasteiger partial charge is 0.507 e. The first kappa shape index (κ1) is 7.79. The van der Waals surface area contributed by atoms with Crippen LogP contribution in [0, 0.1) is 0 Å². The van der Waals surface area contributed by atoms with E-state index in [-0.39, 0.29) is 5.75 Å². The van der Waals surface area contributed by atoms with Gasteiger partial charge >= 0.3 is 0 Å². The van der Waals surface area contributed by atoms with Crippen LogP contribution >= 0.6 is 0 Å². The lowest BCUT2D eigenvalue weighted by Crippen LogP contribution is -2.29. The molecule has 2 heteroatoms. The van der Waals surface area contributed by atoms with Crippen LogP contribution in [0.5, 0.6) is 5.75 Å². The molecule has 11 heavy (non-hydrogen) atoms. The molecule has 0 atom stereocenters. The van der Waals surface area contributed by atoms with Crippen molar-refractivity contribution >= 4 is 6.21 Å². The molecule has 0 aliphatic rings. The summed E-state index contributed by atoms with van der Waals surface area (Å²) >= 11 is 0. The Morgan fingerprint density at radius 2 is 2.27 bits per heavy atom. The van der Waals surface area contributed by atoms with Crippen LogP contribution in [-0.4, -0.2) is 11.3 Å². The highest BCUT2D eigenvalue weighted by atomic mass is 16.3. The SMILES string of the molecule is CCc1ccc(O)c(C=[NH2+])c1. The highest BCUT2D eigenvalue weighted by Crippen LogP contribution is 2.15. The van der Waals surface area contributed by atoms with Gasteiger partial charge in [0.1, 0.15) is 5.75 Å². The van der Waals surface area contributed by atoms with Crippen LogP contribution in [0.4, 0.5) is 0 Å². The number of benzene rings is 1. The van der Waals surface area contributed by atoms with E-state index < -0.39 is 0 Å². The Hall–Kier alpha value is -1.31. The van der Waals surface area contributed by atoms with E-state index in [0.29, 0.717) is 5.56 Å². The van der Waals surface area contributed by atoms with Crippen LogP contribution in [0.1, 0.15) is 18.1 Å². The summed E-state index contributed by atoms with van der Waals surface area (Å²) in [6.07, 6.45) is 2.37.